The van der Waals surface area contributed by atoms with E-state index in [1.54, 1.807) is 25.4 Å². The minimum absolute atomic E-state index is 0.328. The van der Waals surface area contributed by atoms with Gasteiger partial charge in [0.25, 0.3) is 0 Å². The number of nitrogens with one attached hydrogen (secondary N) is 1. The minimum Gasteiger partial charge on any atom is -0.481 e. The Hall–Kier alpha value is -2.82. The first kappa shape index (κ1) is 16.5. The minimum atomic E-state index is -0.328. The van der Waals surface area contributed by atoms with Gasteiger partial charge in [-0.3, -0.25) is 0 Å². The van der Waals surface area contributed by atoms with Crippen molar-refractivity contribution in [3.8, 4) is 5.88 Å². The van der Waals surface area contributed by atoms with Crippen molar-refractivity contribution < 1.29 is 14.3 Å². The van der Waals surface area contributed by atoms with E-state index >= 15 is 0 Å². The maximum absolute atomic E-state index is 11.4. The van der Waals surface area contributed by atoms with E-state index in [0.717, 1.165) is 16.8 Å². The van der Waals surface area contributed by atoms with Crippen LogP contribution in [0.25, 0.3) is 6.08 Å². The van der Waals surface area contributed by atoms with Crippen molar-refractivity contribution in [1.82, 2.24) is 4.98 Å². The number of benzene rings is 1. The number of carbonyl (C=O) groups is 1. The molecule has 1 aromatic heterocycles. The van der Waals surface area contributed by atoms with Crippen molar-refractivity contribution in [1.29, 1.82) is 0 Å². The lowest BCUT2D eigenvalue weighted by atomic mass is 10.1. The molecular weight excluding hydrogens is 292 g/mol. The van der Waals surface area contributed by atoms with Crippen molar-refractivity contribution in [2.45, 2.75) is 6.92 Å². The third-order valence-electron chi connectivity index (χ3n) is 3.26. The fourth-order valence-corrected chi connectivity index (χ4v) is 2.02. The summed E-state index contributed by atoms with van der Waals surface area (Å²) in [4.78, 5) is 15.5. The van der Waals surface area contributed by atoms with Gasteiger partial charge in [-0.15, -0.1) is 0 Å². The Morgan fingerprint density at radius 1 is 1.17 bits per heavy atom. The van der Waals surface area contributed by atoms with Crippen molar-refractivity contribution in [3.63, 3.8) is 0 Å². The number of anilines is 1. The molecule has 0 atom stereocenters. The molecule has 2 aromatic rings. The standard InChI is InChI=1S/C18H20N2O3/c1-13(11-19-16-8-9-17(22-2)20-12-16)10-14-4-6-15(7-5-14)18(21)23-3/h4-10,12,19H,11H2,1-3H3/b13-10+. The lowest BCUT2D eigenvalue weighted by Gasteiger charge is -2.07. The molecule has 5 heteroatoms. The lowest BCUT2D eigenvalue weighted by Crippen LogP contribution is -2.03. The van der Waals surface area contributed by atoms with Crippen LogP contribution in [-0.4, -0.2) is 31.7 Å². The Morgan fingerprint density at radius 3 is 2.48 bits per heavy atom. The second-order valence-corrected chi connectivity index (χ2v) is 5.05. The number of nitrogens with zero attached hydrogens (tertiary/aromatic N) is 1. The Balaban J connectivity index is 1.95. The van der Waals surface area contributed by atoms with Gasteiger partial charge in [-0.2, -0.15) is 0 Å². The molecule has 1 heterocycles. The summed E-state index contributed by atoms with van der Waals surface area (Å²) in [5.74, 6) is 0.263. The Kier molecular flexibility index (Phi) is 5.74. The quantitative estimate of drug-likeness (QED) is 0.828. The van der Waals surface area contributed by atoms with E-state index in [2.05, 4.69) is 21.1 Å². The van der Waals surface area contributed by atoms with E-state index in [-0.39, 0.29) is 5.97 Å². The number of esters is 1. The van der Waals surface area contributed by atoms with Gasteiger partial charge >= 0.3 is 5.97 Å². The van der Waals surface area contributed by atoms with E-state index < -0.39 is 0 Å². The van der Waals surface area contributed by atoms with Gasteiger partial charge in [-0.05, 0) is 30.7 Å². The molecule has 0 aliphatic rings. The average molecular weight is 312 g/mol. The van der Waals surface area contributed by atoms with Crippen LogP contribution in [0.15, 0.2) is 48.2 Å². The fourth-order valence-electron chi connectivity index (χ4n) is 2.02. The summed E-state index contributed by atoms with van der Waals surface area (Å²) < 4.78 is 9.71. The average Bonchev–Trinajstić information content (AvgIpc) is 2.60. The Labute approximate surface area is 136 Å². The smallest absolute Gasteiger partial charge is 0.337 e. The number of aromatic nitrogens is 1. The van der Waals surface area contributed by atoms with Gasteiger partial charge in [0.1, 0.15) is 0 Å². The second kappa shape index (κ2) is 7.98. The predicted molar refractivity (Wildman–Crippen MR) is 90.7 cm³/mol. The van der Waals surface area contributed by atoms with Gasteiger partial charge in [0.15, 0.2) is 0 Å². The molecule has 120 valence electrons. The summed E-state index contributed by atoms with van der Waals surface area (Å²) in [5.41, 5.74) is 3.67. The Bertz CT molecular complexity index is 676. The zero-order chi connectivity index (χ0) is 16.7. The molecule has 0 bridgehead atoms. The SMILES string of the molecule is COC(=O)c1ccc(/C=C(\C)CNc2ccc(OC)nc2)cc1. The van der Waals surface area contributed by atoms with Crippen LogP contribution in [0.2, 0.25) is 0 Å². The molecule has 5 nitrogen and oxygen atoms in total. The van der Waals surface area contributed by atoms with Gasteiger partial charge in [0.2, 0.25) is 5.88 Å². The largest absolute Gasteiger partial charge is 0.481 e. The maximum atomic E-state index is 11.4. The molecule has 0 unspecified atom stereocenters. The number of hydrogen-bond donors (Lipinski definition) is 1. The summed E-state index contributed by atoms with van der Waals surface area (Å²) in [6, 6.07) is 11.0. The summed E-state index contributed by atoms with van der Waals surface area (Å²) >= 11 is 0. The highest BCUT2D eigenvalue weighted by molar-refractivity contribution is 5.89. The third kappa shape index (κ3) is 4.85. The highest BCUT2D eigenvalue weighted by Gasteiger charge is 2.03. The van der Waals surface area contributed by atoms with E-state index in [4.69, 9.17) is 4.74 Å². The molecule has 1 aromatic carbocycles. The highest BCUT2D eigenvalue weighted by Crippen LogP contribution is 2.13. The number of ether oxygens (including phenoxy) is 2. The molecule has 23 heavy (non-hydrogen) atoms. The van der Waals surface area contributed by atoms with Crippen LogP contribution in [-0.2, 0) is 4.74 Å². The zero-order valence-electron chi connectivity index (χ0n) is 13.5. The van der Waals surface area contributed by atoms with Gasteiger partial charge in [-0.25, -0.2) is 9.78 Å². The first-order valence-corrected chi connectivity index (χ1v) is 7.22. The van der Waals surface area contributed by atoms with Crippen LogP contribution in [0.3, 0.4) is 0 Å². The van der Waals surface area contributed by atoms with Crippen LogP contribution in [0, 0.1) is 0 Å². The lowest BCUT2D eigenvalue weighted by molar-refractivity contribution is 0.0600. The molecule has 0 aliphatic carbocycles. The molecule has 0 amide bonds. The van der Waals surface area contributed by atoms with Gasteiger partial charge in [0, 0.05) is 12.6 Å². The van der Waals surface area contributed by atoms with E-state index in [0.29, 0.717) is 18.0 Å². The maximum Gasteiger partial charge on any atom is 0.337 e. The monoisotopic (exact) mass is 312 g/mol. The van der Waals surface area contributed by atoms with Crippen LogP contribution < -0.4 is 10.1 Å². The molecule has 2 rings (SSSR count). The number of hydrogen-bond acceptors (Lipinski definition) is 5. The number of carbonyl (C=O) groups excluding carboxylic acids is 1. The molecular formula is C18H20N2O3. The zero-order valence-corrected chi connectivity index (χ0v) is 13.5. The molecule has 0 radical (unpaired) electrons. The highest BCUT2D eigenvalue weighted by atomic mass is 16.5. The molecule has 0 saturated heterocycles. The normalized spacial score (nSPS) is 11.0. The number of pyridine rings is 1. The summed E-state index contributed by atoms with van der Waals surface area (Å²) in [6.45, 7) is 2.74. The summed E-state index contributed by atoms with van der Waals surface area (Å²) in [5, 5.41) is 3.29. The van der Waals surface area contributed by atoms with Gasteiger partial charge in [0.05, 0.1) is 31.7 Å². The van der Waals surface area contributed by atoms with Crippen molar-refractivity contribution in [3.05, 3.63) is 59.3 Å². The van der Waals surface area contributed by atoms with Crippen LogP contribution in [0.5, 0.6) is 5.88 Å². The molecule has 0 spiro atoms. The van der Waals surface area contributed by atoms with Crippen LogP contribution in [0.1, 0.15) is 22.8 Å². The number of methoxy groups -OCH3 is 2. The molecule has 1 N–H and O–H groups in total. The topological polar surface area (TPSA) is 60.5 Å². The third-order valence-corrected chi connectivity index (χ3v) is 3.26. The second-order valence-electron chi connectivity index (χ2n) is 5.05. The molecule has 0 fully saturated rings. The van der Waals surface area contributed by atoms with Crippen molar-refractivity contribution in [2.24, 2.45) is 0 Å². The molecule has 0 saturated carbocycles. The van der Waals surface area contributed by atoms with Gasteiger partial charge < -0.3 is 14.8 Å². The molecule has 0 aliphatic heterocycles. The first-order valence-electron chi connectivity index (χ1n) is 7.22. The predicted octanol–water partition coefficient (Wildman–Crippen LogP) is 3.39. The number of rotatable bonds is 6. The summed E-state index contributed by atoms with van der Waals surface area (Å²) in [6.07, 6.45) is 3.79. The van der Waals surface area contributed by atoms with E-state index in [1.165, 1.54) is 7.11 Å². The Morgan fingerprint density at radius 2 is 1.91 bits per heavy atom. The van der Waals surface area contributed by atoms with E-state index in [1.807, 2.05) is 31.2 Å². The summed E-state index contributed by atoms with van der Waals surface area (Å²) in [7, 11) is 2.97. The van der Waals surface area contributed by atoms with Crippen molar-refractivity contribution >= 4 is 17.7 Å². The van der Waals surface area contributed by atoms with Crippen LogP contribution in [0.4, 0.5) is 5.69 Å². The van der Waals surface area contributed by atoms with E-state index in [9.17, 15) is 4.79 Å². The first-order chi connectivity index (χ1) is 11.1. The van der Waals surface area contributed by atoms with Gasteiger partial charge in [-0.1, -0.05) is 23.8 Å². The fraction of sp³-hybridized carbons (Fsp3) is 0.222. The van der Waals surface area contributed by atoms with Crippen LogP contribution >= 0.6 is 0 Å². The van der Waals surface area contributed by atoms with Crippen molar-refractivity contribution in [2.75, 3.05) is 26.1 Å².